The number of fused-ring (bicyclic) bond motifs is 1. The van der Waals surface area contributed by atoms with Crippen molar-refractivity contribution in [3.05, 3.63) is 95.1 Å². The van der Waals surface area contributed by atoms with Gasteiger partial charge in [0.25, 0.3) is 0 Å². The molecule has 0 aliphatic carbocycles. The van der Waals surface area contributed by atoms with Crippen LogP contribution in [0.15, 0.2) is 89.5 Å². The lowest BCUT2D eigenvalue weighted by Crippen LogP contribution is -2.14. The molecule has 7 nitrogen and oxygen atoms in total. The van der Waals surface area contributed by atoms with Crippen LogP contribution in [0, 0.1) is 0 Å². The Morgan fingerprint density at radius 2 is 1.81 bits per heavy atom. The van der Waals surface area contributed by atoms with Crippen molar-refractivity contribution in [3.63, 3.8) is 0 Å². The number of hydrogen-bond acceptors (Lipinski definition) is 5. The van der Waals surface area contributed by atoms with E-state index in [0.717, 1.165) is 21.3 Å². The first-order valence-corrected chi connectivity index (χ1v) is 10.7. The maximum Gasteiger partial charge on any atom is 0.228 e. The fourth-order valence-electron chi connectivity index (χ4n) is 3.39. The van der Waals surface area contributed by atoms with Crippen molar-refractivity contribution >= 4 is 33.2 Å². The largest absolute Gasteiger partial charge is 0.326 e. The molecule has 3 heterocycles. The van der Waals surface area contributed by atoms with Crippen molar-refractivity contribution in [1.29, 1.82) is 0 Å². The second-order valence-electron chi connectivity index (χ2n) is 7.16. The van der Waals surface area contributed by atoms with Crippen LogP contribution in [-0.4, -0.2) is 30.7 Å². The molecule has 0 radical (unpaired) electrons. The molecular weight excluding hydrogens is 468 g/mol. The molecule has 0 aliphatic heterocycles. The zero-order chi connectivity index (χ0) is 21.9. The highest BCUT2D eigenvalue weighted by Crippen LogP contribution is 2.23. The summed E-state index contributed by atoms with van der Waals surface area (Å²) in [5, 5.41) is 16.1. The number of pyridine rings is 1. The van der Waals surface area contributed by atoms with E-state index in [1.165, 1.54) is 0 Å². The van der Waals surface area contributed by atoms with Crippen LogP contribution < -0.4 is 5.32 Å². The van der Waals surface area contributed by atoms with Gasteiger partial charge in [-0.05, 0) is 54.1 Å². The van der Waals surface area contributed by atoms with Crippen LogP contribution in [0.5, 0.6) is 0 Å². The predicted octanol–water partition coefficient (Wildman–Crippen LogP) is 4.80. The number of carbonyl (C=O) groups excluding carboxylic acids is 1. The first-order valence-electron chi connectivity index (χ1n) is 9.94. The molecule has 5 aromatic rings. The highest BCUT2D eigenvalue weighted by atomic mass is 79.9. The number of aromatic nitrogens is 5. The van der Waals surface area contributed by atoms with Crippen molar-refractivity contribution < 1.29 is 4.79 Å². The Labute approximate surface area is 192 Å². The molecule has 0 fully saturated rings. The van der Waals surface area contributed by atoms with Crippen LogP contribution in [0.1, 0.15) is 5.56 Å². The van der Waals surface area contributed by atoms with Gasteiger partial charge >= 0.3 is 0 Å². The quantitative estimate of drug-likeness (QED) is 0.387. The fourth-order valence-corrected chi connectivity index (χ4v) is 3.84. The van der Waals surface area contributed by atoms with Crippen molar-refractivity contribution in [1.82, 2.24) is 24.8 Å². The van der Waals surface area contributed by atoms with Gasteiger partial charge in [0.2, 0.25) is 11.7 Å². The Kier molecular flexibility index (Phi) is 5.43. The standard InChI is InChI=1S/C24H17BrN6O/c25-18-7-3-5-16(13-18)14-23(32)27-19-8-4-6-17(15-19)20-10-11-22-28-29-24(31(22)30-20)21-9-1-2-12-26-21/h1-13,15H,14H2,(H,27,32). The summed E-state index contributed by atoms with van der Waals surface area (Å²) in [6.45, 7) is 0. The second kappa shape index (κ2) is 8.68. The Morgan fingerprint density at radius 1 is 0.906 bits per heavy atom. The minimum Gasteiger partial charge on any atom is -0.326 e. The topological polar surface area (TPSA) is 85.1 Å². The van der Waals surface area contributed by atoms with Gasteiger partial charge in [0.05, 0.1) is 12.1 Å². The zero-order valence-electron chi connectivity index (χ0n) is 16.8. The lowest BCUT2D eigenvalue weighted by Gasteiger charge is -2.08. The Morgan fingerprint density at radius 3 is 2.66 bits per heavy atom. The van der Waals surface area contributed by atoms with Crippen LogP contribution in [0.2, 0.25) is 0 Å². The number of amides is 1. The molecule has 5 rings (SSSR count). The fraction of sp³-hybridized carbons (Fsp3) is 0.0417. The third-order valence-electron chi connectivity index (χ3n) is 4.85. The maximum atomic E-state index is 12.5. The number of carbonyl (C=O) groups is 1. The first-order chi connectivity index (χ1) is 15.7. The van der Waals surface area contributed by atoms with E-state index in [-0.39, 0.29) is 5.91 Å². The summed E-state index contributed by atoms with van der Waals surface area (Å²) < 4.78 is 2.63. The lowest BCUT2D eigenvalue weighted by atomic mass is 10.1. The van der Waals surface area contributed by atoms with E-state index in [0.29, 0.717) is 29.3 Å². The summed E-state index contributed by atoms with van der Waals surface area (Å²) in [5.74, 6) is 0.487. The third kappa shape index (κ3) is 4.26. The molecule has 3 aromatic heterocycles. The third-order valence-corrected chi connectivity index (χ3v) is 5.35. The van der Waals surface area contributed by atoms with Gasteiger partial charge in [-0.25, -0.2) is 0 Å². The van der Waals surface area contributed by atoms with Crippen LogP contribution in [-0.2, 0) is 11.2 Å². The second-order valence-corrected chi connectivity index (χ2v) is 8.08. The molecule has 8 heteroatoms. The molecule has 2 aromatic carbocycles. The van der Waals surface area contributed by atoms with Gasteiger partial charge in [-0.15, -0.1) is 10.2 Å². The number of benzene rings is 2. The molecule has 0 saturated carbocycles. The summed E-state index contributed by atoms with van der Waals surface area (Å²) in [6, 6.07) is 24.7. The molecule has 32 heavy (non-hydrogen) atoms. The van der Waals surface area contributed by atoms with Crippen molar-refractivity contribution in [3.8, 4) is 22.8 Å². The molecule has 0 spiro atoms. The van der Waals surface area contributed by atoms with E-state index in [4.69, 9.17) is 5.10 Å². The Bertz CT molecular complexity index is 1420. The lowest BCUT2D eigenvalue weighted by molar-refractivity contribution is -0.115. The maximum absolute atomic E-state index is 12.5. The summed E-state index contributed by atoms with van der Waals surface area (Å²) in [5.41, 5.74) is 4.57. The van der Waals surface area contributed by atoms with Gasteiger partial charge in [0.1, 0.15) is 5.69 Å². The van der Waals surface area contributed by atoms with Crippen molar-refractivity contribution in [2.75, 3.05) is 5.32 Å². The van der Waals surface area contributed by atoms with Crippen molar-refractivity contribution in [2.24, 2.45) is 0 Å². The average molecular weight is 485 g/mol. The Balaban J connectivity index is 1.41. The van der Waals surface area contributed by atoms with E-state index >= 15 is 0 Å². The van der Waals surface area contributed by atoms with E-state index in [1.807, 2.05) is 78.9 Å². The van der Waals surface area contributed by atoms with E-state index < -0.39 is 0 Å². The van der Waals surface area contributed by atoms with Gasteiger partial charge in [-0.3, -0.25) is 9.78 Å². The van der Waals surface area contributed by atoms with Crippen LogP contribution in [0.25, 0.3) is 28.4 Å². The highest BCUT2D eigenvalue weighted by molar-refractivity contribution is 9.10. The zero-order valence-corrected chi connectivity index (χ0v) is 18.4. The number of nitrogens with zero attached hydrogens (tertiary/aromatic N) is 5. The summed E-state index contributed by atoms with van der Waals surface area (Å²) in [4.78, 5) is 16.9. The van der Waals surface area contributed by atoms with Gasteiger partial charge in [-0.1, -0.05) is 46.3 Å². The van der Waals surface area contributed by atoms with Crippen LogP contribution in [0.4, 0.5) is 5.69 Å². The van der Waals surface area contributed by atoms with E-state index in [9.17, 15) is 4.79 Å². The molecule has 0 bridgehead atoms. The number of rotatable bonds is 5. The number of halogens is 1. The van der Waals surface area contributed by atoms with E-state index in [1.54, 1.807) is 10.7 Å². The van der Waals surface area contributed by atoms with Gasteiger partial charge < -0.3 is 5.32 Å². The van der Waals surface area contributed by atoms with Crippen LogP contribution in [0.3, 0.4) is 0 Å². The minimum atomic E-state index is -0.0834. The molecule has 156 valence electrons. The molecule has 0 unspecified atom stereocenters. The summed E-state index contributed by atoms with van der Waals surface area (Å²) >= 11 is 3.43. The minimum absolute atomic E-state index is 0.0834. The molecule has 0 aliphatic rings. The smallest absolute Gasteiger partial charge is 0.228 e. The first kappa shape index (κ1) is 20.0. The Hall–Kier alpha value is -3.91. The molecule has 0 saturated heterocycles. The molecule has 0 atom stereocenters. The molecule has 1 amide bonds. The van der Waals surface area contributed by atoms with Crippen molar-refractivity contribution in [2.45, 2.75) is 6.42 Å². The van der Waals surface area contributed by atoms with Gasteiger partial charge in [-0.2, -0.15) is 9.61 Å². The molecular formula is C24H17BrN6O. The highest BCUT2D eigenvalue weighted by Gasteiger charge is 2.12. The SMILES string of the molecule is O=C(Cc1cccc(Br)c1)Nc1cccc(-c2ccc3nnc(-c4ccccn4)n3n2)c1. The van der Waals surface area contributed by atoms with Gasteiger partial charge in [0.15, 0.2) is 5.65 Å². The summed E-state index contributed by atoms with van der Waals surface area (Å²) in [6.07, 6.45) is 2.00. The molecule has 1 N–H and O–H groups in total. The van der Waals surface area contributed by atoms with Crippen LogP contribution >= 0.6 is 15.9 Å². The summed E-state index contributed by atoms with van der Waals surface area (Å²) in [7, 11) is 0. The number of anilines is 1. The average Bonchev–Trinajstić information content (AvgIpc) is 3.23. The normalized spacial score (nSPS) is 10.9. The predicted molar refractivity (Wildman–Crippen MR) is 126 cm³/mol. The van der Waals surface area contributed by atoms with E-state index in [2.05, 4.69) is 36.4 Å². The monoisotopic (exact) mass is 484 g/mol. The number of nitrogens with one attached hydrogen (secondary N) is 1. The van der Waals surface area contributed by atoms with Gasteiger partial charge in [0, 0.05) is 21.9 Å². The number of hydrogen-bond donors (Lipinski definition) is 1.